The van der Waals surface area contributed by atoms with E-state index in [0.717, 1.165) is 19.6 Å². The Morgan fingerprint density at radius 3 is 2.77 bits per heavy atom. The summed E-state index contributed by atoms with van der Waals surface area (Å²) >= 11 is 1.78. The molecule has 4 heteroatoms. The summed E-state index contributed by atoms with van der Waals surface area (Å²) in [4.78, 5) is 5.90. The van der Waals surface area contributed by atoms with E-state index in [0.29, 0.717) is 6.04 Å². The summed E-state index contributed by atoms with van der Waals surface area (Å²) < 4.78 is 0. The molecule has 0 amide bonds. The molecule has 1 saturated heterocycles. The lowest BCUT2D eigenvalue weighted by atomic mass is 10.1. The lowest BCUT2D eigenvalue weighted by Crippen LogP contribution is -2.43. The number of rotatable bonds is 1. The Morgan fingerprint density at radius 1 is 1.38 bits per heavy atom. The monoisotopic (exact) mass is 197 g/mol. The maximum atomic E-state index is 4.55. The van der Waals surface area contributed by atoms with E-state index in [9.17, 15) is 0 Å². The summed E-state index contributed by atoms with van der Waals surface area (Å²) in [7, 11) is 0. The summed E-state index contributed by atoms with van der Waals surface area (Å²) in [5.74, 6) is 0. The van der Waals surface area contributed by atoms with Crippen LogP contribution in [0.2, 0.25) is 0 Å². The van der Waals surface area contributed by atoms with Crippen molar-refractivity contribution in [2.45, 2.75) is 19.9 Å². The van der Waals surface area contributed by atoms with Gasteiger partial charge in [0.2, 0.25) is 0 Å². The van der Waals surface area contributed by atoms with Gasteiger partial charge in [0.15, 0.2) is 0 Å². The third-order valence-electron chi connectivity index (χ3n) is 2.31. The van der Waals surface area contributed by atoms with Crippen LogP contribution in [0.5, 0.6) is 0 Å². The fourth-order valence-electron chi connectivity index (χ4n) is 1.71. The lowest BCUT2D eigenvalue weighted by molar-refractivity contribution is 0.423. The molecule has 2 rings (SSSR count). The Balaban J connectivity index is 2.18. The van der Waals surface area contributed by atoms with Crippen LogP contribution < -0.4 is 10.6 Å². The topological polar surface area (TPSA) is 37.0 Å². The summed E-state index contributed by atoms with van der Waals surface area (Å²) in [5.41, 5.74) is 1.23. The van der Waals surface area contributed by atoms with Gasteiger partial charge in [-0.1, -0.05) is 0 Å². The number of aryl methyl sites for hydroxylation is 2. The first-order valence-corrected chi connectivity index (χ1v) is 5.47. The van der Waals surface area contributed by atoms with Gasteiger partial charge in [0.05, 0.1) is 16.7 Å². The van der Waals surface area contributed by atoms with Crippen molar-refractivity contribution >= 4 is 11.3 Å². The third-order valence-corrected chi connectivity index (χ3v) is 3.21. The van der Waals surface area contributed by atoms with E-state index in [1.54, 1.807) is 11.3 Å². The number of hydrogen-bond donors (Lipinski definition) is 2. The molecule has 0 spiro atoms. The first-order chi connectivity index (χ1) is 6.27. The Morgan fingerprint density at radius 2 is 2.23 bits per heavy atom. The molecule has 1 aliphatic rings. The van der Waals surface area contributed by atoms with Gasteiger partial charge in [0.1, 0.15) is 0 Å². The summed E-state index contributed by atoms with van der Waals surface area (Å²) in [6, 6.07) is 0.415. The molecule has 1 aromatic rings. The van der Waals surface area contributed by atoms with Crippen molar-refractivity contribution in [2.75, 3.05) is 19.6 Å². The molecule has 1 unspecified atom stereocenters. The Hall–Kier alpha value is -0.450. The van der Waals surface area contributed by atoms with Gasteiger partial charge in [0, 0.05) is 24.5 Å². The van der Waals surface area contributed by atoms with E-state index in [1.165, 1.54) is 15.6 Å². The van der Waals surface area contributed by atoms with E-state index in [4.69, 9.17) is 0 Å². The van der Waals surface area contributed by atoms with Gasteiger partial charge in [-0.3, -0.25) is 0 Å². The predicted molar refractivity (Wildman–Crippen MR) is 55.2 cm³/mol. The minimum Gasteiger partial charge on any atom is -0.314 e. The first-order valence-electron chi connectivity index (χ1n) is 4.65. The number of aromatic nitrogens is 1. The molecule has 2 N–H and O–H groups in total. The van der Waals surface area contributed by atoms with Crippen LogP contribution in [-0.2, 0) is 0 Å². The number of nitrogens with one attached hydrogen (secondary N) is 2. The van der Waals surface area contributed by atoms with Crippen LogP contribution in [-0.4, -0.2) is 24.6 Å². The van der Waals surface area contributed by atoms with E-state index in [1.807, 2.05) is 0 Å². The zero-order valence-electron chi connectivity index (χ0n) is 8.05. The van der Waals surface area contributed by atoms with Crippen molar-refractivity contribution in [1.29, 1.82) is 0 Å². The molecule has 13 heavy (non-hydrogen) atoms. The molecule has 0 radical (unpaired) electrons. The minimum absolute atomic E-state index is 0.415. The predicted octanol–water partition coefficient (Wildman–Crippen LogP) is 0.994. The molecule has 2 heterocycles. The van der Waals surface area contributed by atoms with Gasteiger partial charge in [-0.2, -0.15) is 0 Å². The minimum atomic E-state index is 0.415. The number of hydrogen-bond acceptors (Lipinski definition) is 4. The van der Waals surface area contributed by atoms with Crippen molar-refractivity contribution in [1.82, 2.24) is 15.6 Å². The van der Waals surface area contributed by atoms with Crippen molar-refractivity contribution in [3.05, 3.63) is 15.6 Å². The smallest absolute Gasteiger partial charge is 0.0900 e. The molecule has 1 fully saturated rings. The van der Waals surface area contributed by atoms with Crippen LogP contribution in [0.4, 0.5) is 0 Å². The second kappa shape index (κ2) is 3.74. The van der Waals surface area contributed by atoms with E-state index >= 15 is 0 Å². The van der Waals surface area contributed by atoms with E-state index in [-0.39, 0.29) is 0 Å². The second-order valence-corrected chi connectivity index (χ2v) is 4.79. The molecule has 0 bridgehead atoms. The molecule has 3 nitrogen and oxygen atoms in total. The Kier molecular flexibility index (Phi) is 2.62. The molecule has 0 saturated carbocycles. The largest absolute Gasteiger partial charge is 0.314 e. The lowest BCUT2D eigenvalue weighted by Gasteiger charge is -2.23. The van der Waals surface area contributed by atoms with Gasteiger partial charge in [0.25, 0.3) is 0 Å². The average molecular weight is 197 g/mol. The first kappa shape index (κ1) is 9.12. The molecule has 1 aromatic heterocycles. The summed E-state index contributed by atoms with van der Waals surface area (Å²) in [6.45, 7) is 7.33. The van der Waals surface area contributed by atoms with Gasteiger partial charge in [-0.15, -0.1) is 11.3 Å². The maximum Gasteiger partial charge on any atom is 0.0900 e. The highest BCUT2D eigenvalue weighted by Gasteiger charge is 2.18. The van der Waals surface area contributed by atoms with Crippen LogP contribution in [0.1, 0.15) is 21.6 Å². The standard InChI is InChI=1S/C9H15N3S/c1-6-9(12-7(2)13-6)8-5-10-3-4-11-8/h8,10-11H,3-5H2,1-2H3. The average Bonchev–Trinajstić information content (AvgIpc) is 2.47. The summed E-state index contributed by atoms with van der Waals surface area (Å²) in [6.07, 6.45) is 0. The maximum absolute atomic E-state index is 4.55. The van der Waals surface area contributed by atoms with Gasteiger partial charge < -0.3 is 10.6 Å². The second-order valence-electron chi connectivity index (χ2n) is 3.39. The highest BCUT2D eigenvalue weighted by Crippen LogP contribution is 2.22. The molecular formula is C9H15N3S. The number of piperazine rings is 1. The zero-order chi connectivity index (χ0) is 9.26. The molecule has 1 atom stereocenters. The SMILES string of the molecule is Cc1nc(C2CNCCN2)c(C)s1. The van der Waals surface area contributed by atoms with Gasteiger partial charge in [-0.05, 0) is 13.8 Å². The highest BCUT2D eigenvalue weighted by molar-refractivity contribution is 7.11. The molecular weight excluding hydrogens is 182 g/mol. The third kappa shape index (κ3) is 1.90. The molecule has 72 valence electrons. The van der Waals surface area contributed by atoms with Crippen LogP contribution in [0.3, 0.4) is 0 Å². The van der Waals surface area contributed by atoms with Crippen LogP contribution in [0, 0.1) is 13.8 Å². The quantitative estimate of drug-likeness (QED) is 0.705. The number of thiazole rings is 1. The molecule has 1 aliphatic heterocycles. The van der Waals surface area contributed by atoms with Crippen LogP contribution in [0.25, 0.3) is 0 Å². The summed E-state index contributed by atoms with van der Waals surface area (Å²) in [5, 5.41) is 8.01. The van der Waals surface area contributed by atoms with Crippen LogP contribution >= 0.6 is 11.3 Å². The zero-order valence-corrected chi connectivity index (χ0v) is 8.87. The Labute approximate surface area is 82.6 Å². The van der Waals surface area contributed by atoms with E-state index < -0.39 is 0 Å². The fraction of sp³-hybridized carbons (Fsp3) is 0.667. The van der Waals surface area contributed by atoms with Crippen LogP contribution in [0.15, 0.2) is 0 Å². The Bertz CT molecular complexity index is 289. The fourth-order valence-corrected chi connectivity index (χ4v) is 2.59. The highest BCUT2D eigenvalue weighted by atomic mass is 32.1. The van der Waals surface area contributed by atoms with Crippen molar-refractivity contribution in [2.24, 2.45) is 0 Å². The van der Waals surface area contributed by atoms with E-state index in [2.05, 4.69) is 29.5 Å². The molecule has 0 aromatic carbocycles. The van der Waals surface area contributed by atoms with Gasteiger partial charge >= 0.3 is 0 Å². The normalized spacial score (nSPS) is 23.4. The van der Waals surface area contributed by atoms with Crippen molar-refractivity contribution < 1.29 is 0 Å². The molecule has 0 aliphatic carbocycles. The van der Waals surface area contributed by atoms with Crippen molar-refractivity contribution in [3.8, 4) is 0 Å². The van der Waals surface area contributed by atoms with Crippen molar-refractivity contribution in [3.63, 3.8) is 0 Å². The van der Waals surface area contributed by atoms with Gasteiger partial charge in [-0.25, -0.2) is 4.98 Å². The number of nitrogens with zero attached hydrogens (tertiary/aromatic N) is 1.